The van der Waals surface area contributed by atoms with Gasteiger partial charge in [-0.15, -0.1) is 11.3 Å². The minimum atomic E-state index is 0.168. The van der Waals surface area contributed by atoms with E-state index in [4.69, 9.17) is 4.74 Å². The molecule has 4 heteroatoms. The number of ether oxygens (including phenoxy) is 1. The van der Waals surface area contributed by atoms with Crippen molar-refractivity contribution in [2.75, 3.05) is 13.7 Å². The van der Waals surface area contributed by atoms with Crippen molar-refractivity contribution in [3.8, 4) is 5.75 Å². The largest absolute Gasteiger partial charge is 0.493 e. The lowest BCUT2D eigenvalue weighted by molar-refractivity contribution is -0.130. The monoisotopic (exact) mass is 317 g/mol. The second-order valence-corrected chi connectivity index (χ2v) is 6.49. The molecule has 0 fully saturated rings. The fraction of sp³-hybridized carbons (Fsp3) is 0.389. The Balaban J connectivity index is 1.71. The number of benzene rings is 1. The highest BCUT2D eigenvalue weighted by Gasteiger charge is 2.11. The number of hydrogen-bond donors (Lipinski definition) is 0. The van der Waals surface area contributed by atoms with E-state index in [0.29, 0.717) is 19.6 Å². The van der Waals surface area contributed by atoms with Gasteiger partial charge in [0.15, 0.2) is 0 Å². The molecule has 0 spiro atoms. The summed E-state index contributed by atoms with van der Waals surface area (Å²) in [6.07, 6.45) is 1.26. The summed E-state index contributed by atoms with van der Waals surface area (Å²) in [5, 5.41) is 2.07. The zero-order chi connectivity index (χ0) is 15.9. The molecule has 22 heavy (non-hydrogen) atoms. The third-order valence-electron chi connectivity index (χ3n) is 3.66. The Kier molecular flexibility index (Phi) is 6.01. The molecule has 1 aromatic carbocycles. The van der Waals surface area contributed by atoms with Crippen LogP contribution in [0.25, 0.3) is 0 Å². The zero-order valence-corrected chi connectivity index (χ0v) is 14.3. The maximum Gasteiger partial charge on any atom is 0.222 e. The van der Waals surface area contributed by atoms with Crippen LogP contribution in [-0.2, 0) is 11.3 Å². The highest BCUT2D eigenvalue weighted by molar-refractivity contribution is 7.10. The smallest absolute Gasteiger partial charge is 0.222 e. The van der Waals surface area contributed by atoms with Gasteiger partial charge in [-0.05, 0) is 48.9 Å². The summed E-state index contributed by atoms with van der Waals surface area (Å²) in [5.74, 6) is 1.07. The van der Waals surface area contributed by atoms with Crippen molar-refractivity contribution < 1.29 is 9.53 Å². The van der Waals surface area contributed by atoms with Crippen LogP contribution in [0.4, 0.5) is 0 Å². The Bertz CT molecular complexity index is 621. The van der Waals surface area contributed by atoms with E-state index in [9.17, 15) is 4.79 Å². The molecule has 0 saturated carbocycles. The van der Waals surface area contributed by atoms with Gasteiger partial charge in [0.1, 0.15) is 5.75 Å². The van der Waals surface area contributed by atoms with Crippen molar-refractivity contribution in [3.05, 3.63) is 51.7 Å². The summed E-state index contributed by atoms with van der Waals surface area (Å²) in [6, 6.07) is 10.0. The van der Waals surface area contributed by atoms with Crippen LogP contribution in [0.3, 0.4) is 0 Å². The van der Waals surface area contributed by atoms with Gasteiger partial charge in [-0.3, -0.25) is 4.79 Å². The lowest BCUT2D eigenvalue weighted by Crippen LogP contribution is -2.26. The van der Waals surface area contributed by atoms with E-state index in [2.05, 4.69) is 18.4 Å². The Morgan fingerprint density at radius 3 is 2.64 bits per heavy atom. The van der Waals surface area contributed by atoms with Gasteiger partial charge in [0, 0.05) is 18.3 Å². The van der Waals surface area contributed by atoms with Crippen LogP contribution in [-0.4, -0.2) is 24.5 Å². The van der Waals surface area contributed by atoms with Crippen molar-refractivity contribution in [1.29, 1.82) is 0 Å². The summed E-state index contributed by atoms with van der Waals surface area (Å²) in [4.78, 5) is 15.2. The average Bonchev–Trinajstić information content (AvgIpc) is 2.90. The van der Waals surface area contributed by atoms with Gasteiger partial charge < -0.3 is 9.64 Å². The first kappa shape index (κ1) is 16.6. The van der Waals surface area contributed by atoms with E-state index >= 15 is 0 Å². The molecule has 1 amide bonds. The fourth-order valence-corrected chi connectivity index (χ4v) is 3.14. The molecule has 0 saturated heterocycles. The number of hydrogen-bond acceptors (Lipinski definition) is 3. The minimum Gasteiger partial charge on any atom is -0.493 e. The third kappa shape index (κ3) is 4.60. The summed E-state index contributed by atoms with van der Waals surface area (Å²) >= 11 is 1.70. The van der Waals surface area contributed by atoms with E-state index in [1.165, 1.54) is 10.4 Å². The van der Waals surface area contributed by atoms with E-state index in [1.54, 1.807) is 16.2 Å². The summed E-state index contributed by atoms with van der Waals surface area (Å²) in [5.41, 5.74) is 2.38. The maximum absolute atomic E-state index is 12.1. The first-order valence-electron chi connectivity index (χ1n) is 7.53. The third-order valence-corrected chi connectivity index (χ3v) is 4.67. The van der Waals surface area contributed by atoms with Gasteiger partial charge in [-0.25, -0.2) is 0 Å². The number of carbonyl (C=O) groups excluding carboxylic acids is 1. The van der Waals surface area contributed by atoms with Crippen LogP contribution in [0.2, 0.25) is 0 Å². The first-order valence-corrected chi connectivity index (χ1v) is 8.41. The van der Waals surface area contributed by atoms with Crippen LogP contribution in [0.1, 0.15) is 28.8 Å². The number of amides is 1. The second-order valence-electron chi connectivity index (χ2n) is 5.49. The Morgan fingerprint density at radius 1 is 1.18 bits per heavy atom. The van der Waals surface area contributed by atoms with E-state index in [1.807, 2.05) is 38.2 Å². The SMILES string of the molecule is Cc1ccccc1OCCCC(=O)N(C)Cc1sccc1C. The highest BCUT2D eigenvalue weighted by atomic mass is 32.1. The second kappa shape index (κ2) is 7.99. The van der Waals surface area contributed by atoms with Crippen LogP contribution in [0.15, 0.2) is 35.7 Å². The molecule has 118 valence electrons. The lowest BCUT2D eigenvalue weighted by Gasteiger charge is -2.17. The average molecular weight is 317 g/mol. The molecule has 0 atom stereocenters. The summed E-state index contributed by atoms with van der Waals surface area (Å²) in [6.45, 7) is 5.38. The molecule has 0 unspecified atom stereocenters. The lowest BCUT2D eigenvalue weighted by atomic mass is 10.2. The minimum absolute atomic E-state index is 0.168. The van der Waals surface area contributed by atoms with Crippen molar-refractivity contribution in [2.45, 2.75) is 33.2 Å². The fourth-order valence-electron chi connectivity index (χ4n) is 2.18. The normalized spacial score (nSPS) is 10.5. The topological polar surface area (TPSA) is 29.5 Å². The predicted molar refractivity (Wildman–Crippen MR) is 91.4 cm³/mol. The van der Waals surface area contributed by atoms with Crippen molar-refractivity contribution >= 4 is 17.2 Å². The number of para-hydroxylation sites is 1. The molecule has 0 aliphatic heterocycles. The van der Waals surface area contributed by atoms with Gasteiger partial charge in [0.25, 0.3) is 0 Å². The van der Waals surface area contributed by atoms with Gasteiger partial charge in [-0.2, -0.15) is 0 Å². The van der Waals surface area contributed by atoms with Gasteiger partial charge in [0.05, 0.1) is 13.2 Å². The van der Waals surface area contributed by atoms with Crippen LogP contribution < -0.4 is 4.74 Å². The molecule has 0 N–H and O–H groups in total. The molecular formula is C18H23NO2S. The van der Waals surface area contributed by atoms with Gasteiger partial charge in [-0.1, -0.05) is 18.2 Å². The van der Waals surface area contributed by atoms with E-state index in [0.717, 1.165) is 17.7 Å². The molecule has 0 aliphatic rings. The van der Waals surface area contributed by atoms with Gasteiger partial charge in [0.2, 0.25) is 5.91 Å². The van der Waals surface area contributed by atoms with Gasteiger partial charge >= 0.3 is 0 Å². The maximum atomic E-state index is 12.1. The number of carbonyl (C=O) groups is 1. The molecule has 0 bridgehead atoms. The molecule has 1 heterocycles. The van der Waals surface area contributed by atoms with Crippen molar-refractivity contribution in [3.63, 3.8) is 0 Å². The van der Waals surface area contributed by atoms with E-state index in [-0.39, 0.29) is 5.91 Å². The van der Waals surface area contributed by atoms with Crippen molar-refractivity contribution in [1.82, 2.24) is 4.90 Å². The van der Waals surface area contributed by atoms with Crippen molar-refractivity contribution in [2.24, 2.45) is 0 Å². The highest BCUT2D eigenvalue weighted by Crippen LogP contribution is 2.18. The predicted octanol–water partition coefficient (Wildman–Crippen LogP) is 4.18. The molecule has 1 aromatic heterocycles. The van der Waals surface area contributed by atoms with Crippen LogP contribution >= 0.6 is 11.3 Å². The first-order chi connectivity index (χ1) is 10.6. The molecular weight excluding hydrogens is 294 g/mol. The van der Waals surface area contributed by atoms with Crippen LogP contribution in [0.5, 0.6) is 5.75 Å². The molecule has 3 nitrogen and oxygen atoms in total. The molecule has 2 rings (SSSR count). The van der Waals surface area contributed by atoms with Crippen LogP contribution in [0, 0.1) is 13.8 Å². The zero-order valence-electron chi connectivity index (χ0n) is 13.5. The molecule has 0 aliphatic carbocycles. The van der Waals surface area contributed by atoms with E-state index < -0.39 is 0 Å². The number of rotatable bonds is 7. The molecule has 2 aromatic rings. The number of nitrogens with zero attached hydrogens (tertiary/aromatic N) is 1. The summed E-state index contributed by atoms with van der Waals surface area (Å²) in [7, 11) is 1.86. The Morgan fingerprint density at radius 2 is 1.95 bits per heavy atom. The Hall–Kier alpha value is -1.81. The quantitative estimate of drug-likeness (QED) is 0.717. The molecule has 0 radical (unpaired) electrons. The Labute approximate surface area is 136 Å². The summed E-state index contributed by atoms with van der Waals surface area (Å²) < 4.78 is 5.72. The standard InChI is InChI=1S/C18H23NO2S/c1-14-7-4-5-8-16(14)21-11-6-9-18(20)19(3)13-17-15(2)10-12-22-17/h4-5,7-8,10,12H,6,9,11,13H2,1-3H3. The number of thiophene rings is 1. The number of aryl methyl sites for hydroxylation is 2.